The molecule has 1 fully saturated rings. The minimum absolute atomic E-state index is 0.0407. The minimum atomic E-state index is -3.97. The van der Waals surface area contributed by atoms with Gasteiger partial charge in [-0.25, -0.2) is 8.42 Å². The molecule has 0 bridgehead atoms. The molecule has 12 nitrogen and oxygen atoms in total. The Morgan fingerprint density at radius 2 is 1.79 bits per heavy atom. The highest BCUT2D eigenvalue weighted by Crippen LogP contribution is 2.54. The van der Waals surface area contributed by atoms with Crippen LogP contribution < -0.4 is 10.5 Å². The van der Waals surface area contributed by atoms with E-state index >= 15 is 0 Å². The number of rotatable bonds is 4. The van der Waals surface area contributed by atoms with Crippen molar-refractivity contribution in [2.24, 2.45) is 17.6 Å². The number of likely N-dealkylation sites (N-methyl/N-ethyl adjacent to an activating group) is 1. The number of Topliss-reactive ketones (excluding diaryl/α,β-unsaturated/α-hetero) is 2. The van der Waals surface area contributed by atoms with Crippen LogP contribution in [0, 0.1) is 15.4 Å². The molecule has 0 saturated heterocycles. The Balaban J connectivity index is 1.94. The third-order valence-electron chi connectivity index (χ3n) is 7.72. The van der Waals surface area contributed by atoms with Gasteiger partial charge in [0.1, 0.15) is 17.1 Å². The monoisotopic (exact) mass is 675 g/mol. The van der Waals surface area contributed by atoms with Gasteiger partial charge in [0.25, 0.3) is 5.91 Å². The van der Waals surface area contributed by atoms with E-state index in [9.17, 15) is 43.2 Å². The summed E-state index contributed by atoms with van der Waals surface area (Å²) >= 11 is 1.93. The van der Waals surface area contributed by atoms with Gasteiger partial charge in [-0.05, 0) is 87.8 Å². The van der Waals surface area contributed by atoms with Crippen LogP contribution in [0.15, 0.2) is 23.0 Å². The van der Waals surface area contributed by atoms with Crippen LogP contribution in [0.4, 0.5) is 5.69 Å². The van der Waals surface area contributed by atoms with Crippen molar-refractivity contribution in [3.05, 3.63) is 37.7 Å². The Morgan fingerprint density at radius 1 is 1.21 bits per heavy atom. The maximum atomic E-state index is 13.9. The van der Waals surface area contributed by atoms with Crippen molar-refractivity contribution in [3.63, 3.8) is 0 Å². The highest BCUT2D eigenvalue weighted by atomic mass is 127. The molecular formula is C25H30IN3O9S. The lowest BCUT2D eigenvalue weighted by molar-refractivity contribution is -0.153. The SMILES string of the molecule is CN(C)[C@@H]1C(=O)C(C(N)=O)=C(O)C2(O)C(=O)C3=C(O)c4c(O)c(NS(=O)(=O)C(C)(C)C)cc(I)c4CC3CC12. The number of aromatic hydroxyl groups is 1. The Bertz CT molecular complexity index is 1510. The van der Waals surface area contributed by atoms with Crippen LogP contribution in [0.5, 0.6) is 5.75 Å². The second-order valence-corrected chi connectivity index (χ2v) is 14.9. The molecule has 1 aromatic rings. The summed E-state index contributed by atoms with van der Waals surface area (Å²) in [7, 11) is -0.928. The molecule has 1 amide bonds. The summed E-state index contributed by atoms with van der Waals surface area (Å²) in [5.41, 5.74) is 1.40. The number of anilines is 1. The molecule has 3 aliphatic rings. The van der Waals surface area contributed by atoms with Crippen LogP contribution in [-0.4, -0.2) is 81.7 Å². The maximum Gasteiger partial charge on any atom is 0.255 e. The molecular weight excluding hydrogens is 645 g/mol. The largest absolute Gasteiger partial charge is 0.508 e. The number of hydrogen-bond acceptors (Lipinski definition) is 10. The number of phenols is 1. The van der Waals surface area contributed by atoms with E-state index in [1.165, 1.54) is 45.8 Å². The van der Waals surface area contributed by atoms with Crippen LogP contribution >= 0.6 is 22.6 Å². The standard InChI is InChI=1S/C25H30IN3O9S/c1-24(2,3)39(37,38)28-13-8-12(26)10-6-9-7-11-17(29(4)5)20(32)16(23(27)35)22(34)25(11,36)21(33)14(9)19(31)15(10)18(13)30/h8-9,11,17,28,30-31,34,36H,6-7H2,1-5H3,(H2,27,35)/t9?,11?,17-,25?/m0/s1. The predicted octanol–water partition coefficient (Wildman–Crippen LogP) is 1.11. The lowest BCUT2D eigenvalue weighted by Gasteiger charge is -2.50. The van der Waals surface area contributed by atoms with E-state index in [0.29, 0.717) is 9.13 Å². The molecule has 0 aromatic heterocycles. The van der Waals surface area contributed by atoms with Crippen LogP contribution in [-0.2, 0) is 30.8 Å². The molecule has 3 unspecified atom stereocenters. The Kier molecular flexibility index (Phi) is 6.89. The Hall–Kier alpha value is -2.69. The Morgan fingerprint density at radius 3 is 2.31 bits per heavy atom. The number of primary amides is 1. The summed E-state index contributed by atoms with van der Waals surface area (Å²) in [5, 5.41) is 45.0. The van der Waals surface area contributed by atoms with Crippen molar-refractivity contribution in [2.75, 3.05) is 18.8 Å². The van der Waals surface area contributed by atoms with Gasteiger partial charge < -0.3 is 26.2 Å². The first kappa shape index (κ1) is 29.3. The first-order valence-electron chi connectivity index (χ1n) is 12.0. The molecule has 3 aliphatic carbocycles. The zero-order valence-electron chi connectivity index (χ0n) is 21.9. The topological polar surface area (TPSA) is 208 Å². The molecule has 14 heteroatoms. The summed E-state index contributed by atoms with van der Waals surface area (Å²) in [4.78, 5) is 40.5. The molecule has 4 rings (SSSR count). The average Bonchev–Trinajstić information content (AvgIpc) is 2.78. The van der Waals surface area contributed by atoms with Crippen LogP contribution in [0.1, 0.15) is 38.3 Å². The zero-order chi connectivity index (χ0) is 29.6. The van der Waals surface area contributed by atoms with E-state index in [1.54, 1.807) is 0 Å². The van der Waals surface area contributed by atoms with Crippen molar-refractivity contribution in [1.29, 1.82) is 0 Å². The fourth-order valence-corrected chi connectivity index (χ4v) is 7.19. The third kappa shape index (κ3) is 4.14. The summed E-state index contributed by atoms with van der Waals surface area (Å²) in [6.45, 7) is 4.40. The number of sulfonamides is 1. The number of fused-ring (bicyclic) bond motifs is 3. The van der Waals surface area contributed by atoms with E-state index < -0.39 is 78.6 Å². The number of aliphatic hydroxyl groups excluding tert-OH is 2. The number of carbonyl (C=O) groups is 3. The molecule has 0 heterocycles. The lowest BCUT2D eigenvalue weighted by Crippen LogP contribution is -2.65. The molecule has 212 valence electrons. The number of amides is 1. The number of benzene rings is 1. The Labute approximate surface area is 238 Å². The van der Waals surface area contributed by atoms with Crippen LogP contribution in [0.2, 0.25) is 0 Å². The fourth-order valence-electron chi connectivity index (χ4n) is 5.64. The summed E-state index contributed by atoms with van der Waals surface area (Å²) in [5.74, 6) is -7.69. The van der Waals surface area contributed by atoms with Gasteiger partial charge in [0.2, 0.25) is 15.8 Å². The van der Waals surface area contributed by atoms with Crippen molar-refractivity contribution < 1.29 is 43.2 Å². The third-order valence-corrected chi connectivity index (χ3v) is 10.8. The number of nitrogens with one attached hydrogen (secondary N) is 1. The van der Waals surface area contributed by atoms with E-state index in [2.05, 4.69) is 4.72 Å². The summed E-state index contributed by atoms with van der Waals surface area (Å²) in [6.07, 6.45) is 0.0632. The number of nitrogens with two attached hydrogens (primary N) is 1. The smallest absolute Gasteiger partial charge is 0.255 e. The van der Waals surface area contributed by atoms with Crippen LogP contribution in [0.3, 0.4) is 0 Å². The molecule has 7 N–H and O–H groups in total. The number of halogens is 1. The molecule has 1 aromatic carbocycles. The quantitative estimate of drug-likeness (QED) is 0.152. The fraction of sp³-hybridized carbons (Fsp3) is 0.480. The predicted molar refractivity (Wildman–Crippen MR) is 149 cm³/mol. The van der Waals surface area contributed by atoms with Crippen LogP contribution in [0.25, 0.3) is 5.76 Å². The first-order chi connectivity index (χ1) is 17.8. The van der Waals surface area contributed by atoms with Crippen molar-refractivity contribution in [1.82, 2.24) is 4.90 Å². The molecule has 0 aliphatic heterocycles. The van der Waals surface area contributed by atoms with Crippen molar-refractivity contribution >= 4 is 61.5 Å². The minimum Gasteiger partial charge on any atom is -0.508 e. The first-order valence-corrected chi connectivity index (χ1v) is 14.5. The number of ketones is 2. The number of phenolic OH excluding ortho intramolecular Hbond substituents is 1. The number of nitrogens with zero attached hydrogens (tertiary/aromatic N) is 1. The number of aliphatic hydroxyl groups is 3. The number of carbonyl (C=O) groups excluding carboxylic acids is 3. The van der Waals surface area contributed by atoms with Gasteiger partial charge in [0.15, 0.2) is 17.1 Å². The van der Waals surface area contributed by atoms with Gasteiger partial charge in [-0.3, -0.25) is 24.0 Å². The van der Waals surface area contributed by atoms with Crippen molar-refractivity contribution in [3.8, 4) is 5.75 Å². The lowest BCUT2D eigenvalue weighted by atomic mass is 9.57. The number of hydrogen-bond donors (Lipinski definition) is 6. The van der Waals surface area contributed by atoms with Gasteiger partial charge in [-0.1, -0.05) is 0 Å². The summed E-state index contributed by atoms with van der Waals surface area (Å²) in [6, 6.07) is 0.238. The van der Waals surface area contributed by atoms with E-state index in [4.69, 9.17) is 5.73 Å². The summed E-state index contributed by atoms with van der Waals surface area (Å²) < 4.78 is 27.1. The molecule has 1 saturated carbocycles. The van der Waals surface area contributed by atoms with Gasteiger partial charge in [0, 0.05) is 15.1 Å². The average molecular weight is 675 g/mol. The van der Waals surface area contributed by atoms with Gasteiger partial charge in [-0.2, -0.15) is 0 Å². The molecule has 4 atom stereocenters. The maximum absolute atomic E-state index is 13.9. The van der Waals surface area contributed by atoms with Gasteiger partial charge in [0.05, 0.1) is 22.0 Å². The van der Waals surface area contributed by atoms with E-state index in [-0.39, 0.29) is 29.7 Å². The van der Waals surface area contributed by atoms with Crippen molar-refractivity contribution in [2.45, 2.75) is 50.0 Å². The molecule has 39 heavy (non-hydrogen) atoms. The van der Waals surface area contributed by atoms with Gasteiger partial charge in [-0.15, -0.1) is 0 Å². The highest BCUT2D eigenvalue weighted by Gasteiger charge is 2.64. The zero-order valence-corrected chi connectivity index (χ0v) is 24.8. The molecule has 0 radical (unpaired) electrons. The van der Waals surface area contributed by atoms with E-state index in [1.807, 2.05) is 22.6 Å². The van der Waals surface area contributed by atoms with E-state index in [0.717, 1.165) is 0 Å². The normalized spacial score (nSPS) is 27.3. The highest BCUT2D eigenvalue weighted by molar-refractivity contribution is 14.1. The second kappa shape index (κ2) is 9.17. The molecule has 0 spiro atoms. The van der Waals surface area contributed by atoms with Gasteiger partial charge >= 0.3 is 0 Å². The second-order valence-electron chi connectivity index (χ2n) is 11.3.